The highest BCUT2D eigenvalue weighted by atomic mass is 16.5. The molecule has 0 bridgehead atoms. The topological polar surface area (TPSA) is 55.4 Å². The molecule has 0 saturated carbocycles. The third-order valence-corrected chi connectivity index (χ3v) is 3.64. The van der Waals surface area contributed by atoms with Crippen LogP contribution in [-0.2, 0) is 20.7 Å². The summed E-state index contributed by atoms with van der Waals surface area (Å²) < 4.78 is 4.81. The van der Waals surface area contributed by atoms with Crippen molar-refractivity contribution in [3.8, 4) is 0 Å². The Morgan fingerprint density at radius 2 is 1.70 bits per heavy atom. The van der Waals surface area contributed by atoms with E-state index in [9.17, 15) is 9.59 Å². The molecule has 120 valence electrons. The number of carbonyl (C=O) groups is 2. The largest absolute Gasteiger partial charge is 0.467 e. The van der Waals surface area contributed by atoms with E-state index in [1.54, 1.807) is 0 Å². The van der Waals surface area contributed by atoms with Crippen molar-refractivity contribution in [2.75, 3.05) is 7.11 Å². The molecule has 0 spiro atoms. The third kappa shape index (κ3) is 4.95. The number of benzene rings is 2. The zero-order valence-electron chi connectivity index (χ0n) is 13.4. The Morgan fingerprint density at radius 3 is 2.30 bits per heavy atom. The van der Waals surface area contributed by atoms with Crippen LogP contribution < -0.4 is 5.32 Å². The van der Waals surface area contributed by atoms with E-state index < -0.39 is 12.0 Å². The van der Waals surface area contributed by atoms with Crippen molar-refractivity contribution in [2.45, 2.75) is 25.8 Å². The summed E-state index contributed by atoms with van der Waals surface area (Å²) in [6, 6.07) is 16.5. The maximum Gasteiger partial charge on any atom is 0.333 e. The van der Waals surface area contributed by atoms with Crippen LogP contribution in [0.25, 0.3) is 0 Å². The molecular weight excluding hydrogens is 290 g/mol. The van der Waals surface area contributed by atoms with Gasteiger partial charge in [0.1, 0.15) is 0 Å². The van der Waals surface area contributed by atoms with Gasteiger partial charge in [0.25, 0.3) is 0 Å². The first kappa shape index (κ1) is 16.7. The molecule has 4 nitrogen and oxygen atoms in total. The van der Waals surface area contributed by atoms with Crippen LogP contribution in [0.3, 0.4) is 0 Å². The number of amides is 1. The second kappa shape index (κ2) is 8.13. The molecule has 0 unspecified atom stereocenters. The van der Waals surface area contributed by atoms with Gasteiger partial charge >= 0.3 is 5.97 Å². The number of rotatable bonds is 6. The van der Waals surface area contributed by atoms with Crippen molar-refractivity contribution < 1.29 is 14.3 Å². The molecular formula is C19H21NO3. The lowest BCUT2D eigenvalue weighted by molar-refractivity contribution is -0.145. The van der Waals surface area contributed by atoms with Crippen LogP contribution in [0.15, 0.2) is 54.6 Å². The van der Waals surface area contributed by atoms with Crippen molar-refractivity contribution in [3.63, 3.8) is 0 Å². The van der Waals surface area contributed by atoms with Gasteiger partial charge < -0.3 is 10.1 Å². The molecule has 0 saturated heterocycles. The Balaban J connectivity index is 2.01. The van der Waals surface area contributed by atoms with Gasteiger partial charge in [0, 0.05) is 6.42 Å². The van der Waals surface area contributed by atoms with Gasteiger partial charge in [-0.05, 0) is 24.5 Å². The average Bonchev–Trinajstić information content (AvgIpc) is 2.59. The molecule has 2 aromatic carbocycles. The highest BCUT2D eigenvalue weighted by Crippen LogP contribution is 2.16. The zero-order chi connectivity index (χ0) is 16.7. The number of nitrogens with one attached hydrogen (secondary N) is 1. The fourth-order valence-corrected chi connectivity index (χ4v) is 2.29. The normalized spacial score (nSPS) is 11.6. The molecule has 1 atom stereocenters. The first-order valence-corrected chi connectivity index (χ1v) is 7.58. The van der Waals surface area contributed by atoms with Crippen LogP contribution in [0, 0.1) is 6.92 Å². The standard InChI is InChI=1S/C19H21NO3/c1-14-8-11-16(12-9-14)18(19(22)23-2)20-17(21)13-10-15-6-4-3-5-7-15/h3-9,11-12,18H,10,13H2,1-2H3,(H,20,21)/t18-/m1/s1. The molecule has 2 aromatic rings. The maximum atomic E-state index is 12.2. The molecule has 0 aromatic heterocycles. The van der Waals surface area contributed by atoms with E-state index in [0.717, 1.165) is 16.7 Å². The predicted molar refractivity (Wildman–Crippen MR) is 88.8 cm³/mol. The van der Waals surface area contributed by atoms with Gasteiger partial charge in [-0.25, -0.2) is 4.79 Å². The number of hydrogen-bond acceptors (Lipinski definition) is 3. The zero-order valence-corrected chi connectivity index (χ0v) is 13.4. The van der Waals surface area contributed by atoms with Gasteiger partial charge in [0.2, 0.25) is 5.91 Å². The summed E-state index contributed by atoms with van der Waals surface area (Å²) in [5, 5.41) is 2.76. The van der Waals surface area contributed by atoms with Crippen molar-refractivity contribution in [2.24, 2.45) is 0 Å². The van der Waals surface area contributed by atoms with Crippen LogP contribution >= 0.6 is 0 Å². The molecule has 0 radical (unpaired) electrons. The number of hydrogen-bond donors (Lipinski definition) is 1. The van der Waals surface area contributed by atoms with E-state index in [2.05, 4.69) is 5.32 Å². The number of methoxy groups -OCH3 is 1. The second-order valence-electron chi connectivity index (χ2n) is 5.42. The second-order valence-corrected chi connectivity index (χ2v) is 5.42. The van der Waals surface area contributed by atoms with Crippen LogP contribution in [0.2, 0.25) is 0 Å². The van der Waals surface area contributed by atoms with Crippen LogP contribution in [-0.4, -0.2) is 19.0 Å². The molecule has 0 aliphatic heterocycles. The number of carbonyl (C=O) groups excluding carboxylic acids is 2. The van der Waals surface area contributed by atoms with Gasteiger partial charge in [-0.3, -0.25) is 4.79 Å². The molecule has 1 N–H and O–H groups in total. The minimum absolute atomic E-state index is 0.176. The number of ether oxygens (including phenoxy) is 1. The molecule has 4 heteroatoms. The van der Waals surface area contributed by atoms with Gasteiger partial charge in [-0.1, -0.05) is 60.2 Å². The Morgan fingerprint density at radius 1 is 1.04 bits per heavy atom. The third-order valence-electron chi connectivity index (χ3n) is 3.64. The SMILES string of the molecule is COC(=O)[C@H](NC(=O)CCc1ccccc1)c1ccc(C)cc1. The molecule has 2 rings (SSSR count). The minimum atomic E-state index is -0.774. The van der Waals surface area contributed by atoms with E-state index in [0.29, 0.717) is 12.8 Å². The highest BCUT2D eigenvalue weighted by Gasteiger charge is 2.23. The van der Waals surface area contributed by atoms with E-state index in [1.165, 1.54) is 7.11 Å². The summed E-state index contributed by atoms with van der Waals surface area (Å²) in [4.78, 5) is 24.1. The minimum Gasteiger partial charge on any atom is -0.467 e. The summed E-state index contributed by atoms with van der Waals surface area (Å²) >= 11 is 0. The lowest BCUT2D eigenvalue weighted by Crippen LogP contribution is -2.34. The number of aryl methyl sites for hydroxylation is 2. The van der Waals surface area contributed by atoms with Gasteiger partial charge in [0.05, 0.1) is 7.11 Å². The fourth-order valence-electron chi connectivity index (χ4n) is 2.29. The van der Waals surface area contributed by atoms with Gasteiger partial charge in [0.15, 0.2) is 6.04 Å². The Labute approximate surface area is 136 Å². The monoisotopic (exact) mass is 311 g/mol. The van der Waals surface area contributed by atoms with Gasteiger partial charge in [-0.2, -0.15) is 0 Å². The van der Waals surface area contributed by atoms with E-state index in [1.807, 2.05) is 61.5 Å². The van der Waals surface area contributed by atoms with Crippen molar-refractivity contribution in [1.82, 2.24) is 5.32 Å². The lowest BCUT2D eigenvalue weighted by atomic mass is 10.0. The molecule has 0 fully saturated rings. The first-order chi connectivity index (χ1) is 11.1. The molecule has 23 heavy (non-hydrogen) atoms. The van der Waals surface area contributed by atoms with Crippen molar-refractivity contribution in [3.05, 3.63) is 71.3 Å². The van der Waals surface area contributed by atoms with Crippen molar-refractivity contribution >= 4 is 11.9 Å². The summed E-state index contributed by atoms with van der Waals surface area (Å²) in [5.41, 5.74) is 2.90. The van der Waals surface area contributed by atoms with Crippen LogP contribution in [0.4, 0.5) is 0 Å². The lowest BCUT2D eigenvalue weighted by Gasteiger charge is -2.17. The quantitative estimate of drug-likeness (QED) is 0.835. The molecule has 0 heterocycles. The van der Waals surface area contributed by atoms with E-state index in [4.69, 9.17) is 4.74 Å². The Bertz CT molecular complexity index is 650. The summed E-state index contributed by atoms with van der Waals surface area (Å²) in [5.74, 6) is -0.647. The maximum absolute atomic E-state index is 12.2. The smallest absolute Gasteiger partial charge is 0.333 e. The summed E-state index contributed by atoms with van der Waals surface area (Å²) in [6.07, 6.45) is 0.956. The summed E-state index contributed by atoms with van der Waals surface area (Å²) in [6.45, 7) is 1.97. The van der Waals surface area contributed by atoms with E-state index >= 15 is 0 Å². The predicted octanol–water partition coefficient (Wildman–Crippen LogP) is 2.96. The van der Waals surface area contributed by atoms with Gasteiger partial charge in [-0.15, -0.1) is 0 Å². The highest BCUT2D eigenvalue weighted by molar-refractivity contribution is 5.85. The molecule has 0 aliphatic carbocycles. The Kier molecular flexibility index (Phi) is 5.92. The fraction of sp³-hybridized carbons (Fsp3) is 0.263. The molecule has 1 amide bonds. The van der Waals surface area contributed by atoms with E-state index in [-0.39, 0.29) is 5.91 Å². The van der Waals surface area contributed by atoms with Crippen LogP contribution in [0.1, 0.15) is 29.2 Å². The summed E-state index contributed by atoms with van der Waals surface area (Å²) in [7, 11) is 1.32. The number of esters is 1. The first-order valence-electron chi connectivity index (χ1n) is 7.58. The average molecular weight is 311 g/mol. The molecule has 0 aliphatic rings. The van der Waals surface area contributed by atoms with Crippen molar-refractivity contribution in [1.29, 1.82) is 0 Å². The Hall–Kier alpha value is -2.62. The van der Waals surface area contributed by atoms with Crippen LogP contribution in [0.5, 0.6) is 0 Å².